The van der Waals surface area contributed by atoms with E-state index in [4.69, 9.17) is 5.10 Å². The lowest BCUT2D eigenvalue weighted by Crippen LogP contribution is -2.17. The minimum absolute atomic E-state index is 0.128. The predicted octanol–water partition coefficient (Wildman–Crippen LogP) is 5.70. The number of nitrogens with one attached hydrogen (secondary N) is 1. The maximum Gasteiger partial charge on any atom is 0.259 e. The molecule has 5 rings (SSSR count). The number of carbonyl (C=O) groups excluding carboxylic acids is 2. The number of hydrogen-bond acceptors (Lipinski definition) is 5. The molecule has 184 valence electrons. The molecule has 0 aliphatic carbocycles. The van der Waals surface area contributed by atoms with Crippen LogP contribution in [0.4, 0.5) is 10.2 Å². The van der Waals surface area contributed by atoms with Crippen molar-refractivity contribution in [3.63, 3.8) is 0 Å². The normalized spacial score (nSPS) is 11.0. The summed E-state index contributed by atoms with van der Waals surface area (Å²) in [5.74, 6) is -0.340. The van der Waals surface area contributed by atoms with Gasteiger partial charge < -0.3 is 5.32 Å². The van der Waals surface area contributed by atoms with Crippen LogP contribution in [0, 0.1) is 12.7 Å². The van der Waals surface area contributed by atoms with Crippen molar-refractivity contribution >= 4 is 28.4 Å². The monoisotopic (exact) mass is 493 g/mol. The van der Waals surface area contributed by atoms with Crippen LogP contribution < -0.4 is 5.32 Å². The second-order valence-electron chi connectivity index (χ2n) is 8.69. The number of nitrogens with zero attached hydrogens (tertiary/aromatic N) is 4. The highest BCUT2D eigenvalue weighted by molar-refractivity contribution is 6.09. The van der Waals surface area contributed by atoms with Crippen molar-refractivity contribution in [2.45, 2.75) is 26.7 Å². The van der Waals surface area contributed by atoms with Crippen LogP contribution in [0.3, 0.4) is 0 Å². The Morgan fingerprint density at radius 1 is 0.973 bits per heavy atom. The van der Waals surface area contributed by atoms with E-state index in [-0.39, 0.29) is 11.3 Å². The zero-order chi connectivity index (χ0) is 25.9. The minimum atomic E-state index is -0.648. The number of rotatable bonds is 7. The van der Waals surface area contributed by atoms with Gasteiger partial charge in [-0.3, -0.25) is 9.59 Å². The Hall–Kier alpha value is -4.72. The lowest BCUT2D eigenvalue weighted by molar-refractivity contribution is -0.118. The minimum Gasteiger partial charge on any atom is -0.306 e. The number of aryl methyl sites for hydroxylation is 1. The van der Waals surface area contributed by atoms with Crippen molar-refractivity contribution in [3.8, 4) is 17.1 Å². The van der Waals surface area contributed by atoms with Gasteiger partial charge in [0, 0.05) is 36.2 Å². The number of halogens is 1. The Bertz CT molecular complexity index is 1610. The van der Waals surface area contributed by atoms with Crippen LogP contribution >= 0.6 is 0 Å². The van der Waals surface area contributed by atoms with E-state index in [1.807, 2.05) is 55.5 Å². The quantitative estimate of drug-likeness (QED) is 0.314. The lowest BCUT2D eigenvalue weighted by atomic mass is 10.0. The van der Waals surface area contributed by atoms with E-state index in [9.17, 15) is 9.59 Å². The molecule has 0 aliphatic heterocycles. The average Bonchev–Trinajstić information content (AvgIpc) is 3.27. The van der Waals surface area contributed by atoms with E-state index in [2.05, 4.69) is 15.3 Å². The molecule has 37 heavy (non-hydrogen) atoms. The number of carbonyl (C=O) groups is 2. The number of ketones is 1. The van der Waals surface area contributed by atoms with E-state index in [1.54, 1.807) is 30.1 Å². The summed E-state index contributed by atoms with van der Waals surface area (Å²) in [6, 6.07) is 19.3. The van der Waals surface area contributed by atoms with Gasteiger partial charge in [-0.25, -0.2) is 19.0 Å². The van der Waals surface area contributed by atoms with Crippen molar-refractivity contribution in [1.29, 1.82) is 0 Å². The number of aromatic nitrogens is 4. The number of benzene rings is 3. The summed E-state index contributed by atoms with van der Waals surface area (Å²) in [6.07, 6.45) is 3.96. The van der Waals surface area contributed by atoms with Crippen molar-refractivity contribution in [3.05, 3.63) is 102 Å². The van der Waals surface area contributed by atoms with Gasteiger partial charge in [0.1, 0.15) is 17.4 Å². The van der Waals surface area contributed by atoms with Crippen molar-refractivity contribution in [2.24, 2.45) is 0 Å². The van der Waals surface area contributed by atoms with Crippen molar-refractivity contribution in [2.75, 3.05) is 5.32 Å². The molecule has 3 aromatic carbocycles. The number of amides is 1. The Labute approximate surface area is 213 Å². The number of anilines is 1. The highest BCUT2D eigenvalue weighted by atomic mass is 19.1. The summed E-state index contributed by atoms with van der Waals surface area (Å²) in [5.41, 5.74) is 3.23. The molecule has 0 fully saturated rings. The van der Waals surface area contributed by atoms with E-state index in [0.29, 0.717) is 46.5 Å². The van der Waals surface area contributed by atoms with Crippen LogP contribution in [0.15, 0.2) is 79.1 Å². The molecule has 0 unspecified atom stereocenters. The van der Waals surface area contributed by atoms with Gasteiger partial charge in [0.2, 0.25) is 0 Å². The van der Waals surface area contributed by atoms with Gasteiger partial charge in [0.25, 0.3) is 5.91 Å². The summed E-state index contributed by atoms with van der Waals surface area (Å²) in [6.45, 7) is 3.58. The fourth-order valence-electron chi connectivity index (χ4n) is 4.17. The molecule has 0 saturated heterocycles. The third-order valence-corrected chi connectivity index (χ3v) is 6.13. The van der Waals surface area contributed by atoms with E-state index in [0.717, 1.165) is 11.3 Å². The Morgan fingerprint density at radius 2 is 1.73 bits per heavy atom. The van der Waals surface area contributed by atoms with Crippen LogP contribution in [-0.2, 0) is 11.2 Å². The maximum atomic E-state index is 15.0. The first-order chi connectivity index (χ1) is 17.9. The molecular weight excluding hydrogens is 469 g/mol. The standard InChI is InChI=1S/C29H24FN5O2/c1-3-21(36)15-19-10-11-22-26(16-19)34-35(20-8-5-4-6-9-20)28(22)33-29(37)24-17-23(18(2)14-25(24)30)27-31-12-7-13-32-27/h4-14,16-17H,3,15H2,1-2H3,(H,33,37). The first-order valence-electron chi connectivity index (χ1n) is 11.9. The maximum absolute atomic E-state index is 15.0. The first kappa shape index (κ1) is 24.0. The van der Waals surface area contributed by atoms with Gasteiger partial charge in [0.05, 0.1) is 16.8 Å². The van der Waals surface area contributed by atoms with Gasteiger partial charge in [-0.15, -0.1) is 0 Å². The van der Waals surface area contributed by atoms with Gasteiger partial charge in [-0.05, 0) is 60.5 Å². The SMILES string of the molecule is CCC(=O)Cc1ccc2c(NC(=O)c3cc(-c4ncccn4)c(C)cc3F)n(-c3ccccc3)nc2c1. The molecule has 8 heteroatoms. The third kappa shape index (κ3) is 4.86. The molecule has 0 aliphatic rings. The fraction of sp³-hybridized carbons (Fsp3) is 0.138. The Balaban J connectivity index is 1.58. The predicted molar refractivity (Wildman–Crippen MR) is 140 cm³/mol. The van der Waals surface area contributed by atoms with E-state index < -0.39 is 11.7 Å². The molecular formula is C29H24FN5O2. The molecule has 7 nitrogen and oxygen atoms in total. The molecule has 2 aromatic heterocycles. The lowest BCUT2D eigenvalue weighted by Gasteiger charge is -2.12. The van der Waals surface area contributed by atoms with E-state index in [1.165, 1.54) is 12.1 Å². The smallest absolute Gasteiger partial charge is 0.259 e. The fourth-order valence-corrected chi connectivity index (χ4v) is 4.17. The molecule has 0 radical (unpaired) electrons. The summed E-state index contributed by atoms with van der Waals surface area (Å²) < 4.78 is 16.6. The van der Waals surface area contributed by atoms with E-state index >= 15 is 4.39 Å². The zero-order valence-corrected chi connectivity index (χ0v) is 20.4. The summed E-state index contributed by atoms with van der Waals surface area (Å²) in [5, 5.41) is 8.24. The highest BCUT2D eigenvalue weighted by Crippen LogP contribution is 2.29. The summed E-state index contributed by atoms with van der Waals surface area (Å²) in [4.78, 5) is 33.9. The molecule has 0 bridgehead atoms. The van der Waals surface area contributed by atoms with Gasteiger partial charge in [0.15, 0.2) is 5.82 Å². The largest absolute Gasteiger partial charge is 0.306 e. The molecule has 0 spiro atoms. The molecule has 5 aromatic rings. The summed E-state index contributed by atoms with van der Waals surface area (Å²) in [7, 11) is 0. The van der Waals surface area contributed by atoms with Crippen LogP contribution in [0.5, 0.6) is 0 Å². The summed E-state index contributed by atoms with van der Waals surface area (Å²) >= 11 is 0. The number of hydrogen-bond donors (Lipinski definition) is 1. The second kappa shape index (κ2) is 10.1. The average molecular weight is 494 g/mol. The second-order valence-corrected chi connectivity index (χ2v) is 8.69. The van der Waals surface area contributed by atoms with Crippen LogP contribution in [0.2, 0.25) is 0 Å². The zero-order valence-electron chi connectivity index (χ0n) is 20.4. The molecule has 2 heterocycles. The van der Waals surface area contributed by atoms with Crippen LogP contribution in [0.1, 0.15) is 34.8 Å². The Morgan fingerprint density at radius 3 is 2.46 bits per heavy atom. The molecule has 0 atom stereocenters. The van der Waals surface area contributed by atoms with Gasteiger partial charge in [-0.1, -0.05) is 31.2 Å². The topological polar surface area (TPSA) is 89.8 Å². The van der Waals surface area contributed by atoms with Crippen molar-refractivity contribution in [1.82, 2.24) is 19.7 Å². The van der Waals surface area contributed by atoms with Crippen LogP contribution in [-0.4, -0.2) is 31.4 Å². The third-order valence-electron chi connectivity index (χ3n) is 6.13. The number of Topliss-reactive ketones (excluding diaryl/α,β-unsaturated/α-hetero) is 1. The molecule has 0 saturated carbocycles. The van der Waals surface area contributed by atoms with Crippen LogP contribution in [0.25, 0.3) is 28.0 Å². The molecule has 1 N–H and O–H groups in total. The first-order valence-corrected chi connectivity index (χ1v) is 11.9. The van der Waals surface area contributed by atoms with Crippen molar-refractivity contribution < 1.29 is 14.0 Å². The number of fused-ring (bicyclic) bond motifs is 1. The highest BCUT2D eigenvalue weighted by Gasteiger charge is 2.21. The Kier molecular flexibility index (Phi) is 6.55. The number of para-hydroxylation sites is 1. The van der Waals surface area contributed by atoms with Gasteiger partial charge >= 0.3 is 0 Å². The van der Waals surface area contributed by atoms with Gasteiger partial charge in [-0.2, -0.15) is 5.10 Å². The molecule has 1 amide bonds.